The van der Waals surface area contributed by atoms with Crippen LogP contribution in [0.2, 0.25) is 0 Å². The summed E-state index contributed by atoms with van der Waals surface area (Å²) in [7, 11) is 0. The van der Waals surface area contributed by atoms with Crippen LogP contribution < -0.4 is 5.69 Å². The summed E-state index contributed by atoms with van der Waals surface area (Å²) in [6, 6.07) is 3.15. The SMILES string of the molecule is C=C(Cn1nc2ccc(S)nn2c1=O)C(=O)O. The molecular weight excluding hydrogens is 244 g/mol. The molecule has 0 amide bonds. The molecule has 0 radical (unpaired) electrons. The van der Waals surface area contributed by atoms with Gasteiger partial charge in [-0.2, -0.15) is 9.61 Å². The van der Waals surface area contributed by atoms with Crippen molar-refractivity contribution < 1.29 is 9.90 Å². The van der Waals surface area contributed by atoms with Crippen molar-refractivity contribution in [2.24, 2.45) is 0 Å². The van der Waals surface area contributed by atoms with Crippen molar-refractivity contribution >= 4 is 24.2 Å². The molecule has 1 N–H and O–H groups in total. The summed E-state index contributed by atoms with van der Waals surface area (Å²) < 4.78 is 2.05. The van der Waals surface area contributed by atoms with Gasteiger partial charge in [0.15, 0.2) is 5.65 Å². The fourth-order valence-electron chi connectivity index (χ4n) is 1.25. The summed E-state index contributed by atoms with van der Waals surface area (Å²) >= 11 is 4.00. The van der Waals surface area contributed by atoms with Crippen LogP contribution >= 0.6 is 12.6 Å². The maximum Gasteiger partial charge on any atom is 0.367 e. The first-order valence-electron chi connectivity index (χ1n) is 4.56. The molecular formula is C9H8N4O3S. The predicted molar refractivity (Wildman–Crippen MR) is 61.3 cm³/mol. The number of nitrogens with zero attached hydrogens (tertiary/aromatic N) is 4. The van der Waals surface area contributed by atoms with E-state index in [-0.39, 0.29) is 12.1 Å². The van der Waals surface area contributed by atoms with Crippen molar-refractivity contribution in [3.63, 3.8) is 0 Å². The molecule has 88 valence electrons. The lowest BCUT2D eigenvalue weighted by atomic mass is 10.3. The van der Waals surface area contributed by atoms with E-state index >= 15 is 0 Å². The van der Waals surface area contributed by atoms with E-state index in [0.29, 0.717) is 10.7 Å². The molecule has 0 spiro atoms. The second-order valence-corrected chi connectivity index (χ2v) is 3.77. The standard InChI is InChI=1S/C9H8N4O3S/c1-5(8(14)15)4-12-9(16)13-6(10-12)2-3-7(17)11-13/h2-3H,1,4H2,(H,11,17)(H,14,15). The highest BCUT2D eigenvalue weighted by atomic mass is 32.1. The number of aromatic nitrogens is 4. The Morgan fingerprint density at radius 3 is 2.82 bits per heavy atom. The van der Waals surface area contributed by atoms with Crippen LogP contribution in [0.25, 0.3) is 5.65 Å². The van der Waals surface area contributed by atoms with Gasteiger partial charge >= 0.3 is 11.7 Å². The molecule has 0 saturated carbocycles. The number of carbonyl (C=O) groups is 1. The number of aliphatic carboxylic acids is 1. The molecule has 0 aliphatic rings. The van der Waals surface area contributed by atoms with Crippen molar-refractivity contribution in [2.75, 3.05) is 0 Å². The van der Waals surface area contributed by atoms with E-state index in [1.165, 1.54) is 0 Å². The smallest absolute Gasteiger partial charge is 0.367 e. The van der Waals surface area contributed by atoms with Gasteiger partial charge in [0.2, 0.25) is 0 Å². The normalized spacial score (nSPS) is 10.6. The Morgan fingerprint density at radius 1 is 1.47 bits per heavy atom. The number of hydrogen-bond donors (Lipinski definition) is 2. The third kappa shape index (κ3) is 2.07. The van der Waals surface area contributed by atoms with Crippen molar-refractivity contribution in [3.8, 4) is 0 Å². The topological polar surface area (TPSA) is 89.5 Å². The Morgan fingerprint density at radius 2 is 2.18 bits per heavy atom. The minimum Gasteiger partial charge on any atom is -0.478 e. The molecule has 0 saturated heterocycles. The number of fused-ring (bicyclic) bond motifs is 1. The largest absolute Gasteiger partial charge is 0.478 e. The molecule has 2 rings (SSSR count). The zero-order valence-electron chi connectivity index (χ0n) is 8.57. The molecule has 0 atom stereocenters. The summed E-state index contributed by atoms with van der Waals surface area (Å²) in [5, 5.41) is 16.8. The second kappa shape index (κ2) is 4.06. The van der Waals surface area contributed by atoms with Gasteiger partial charge < -0.3 is 5.11 Å². The molecule has 17 heavy (non-hydrogen) atoms. The summed E-state index contributed by atoms with van der Waals surface area (Å²) in [5.41, 5.74) is -0.328. The first kappa shape index (κ1) is 11.4. The molecule has 0 bridgehead atoms. The van der Waals surface area contributed by atoms with E-state index in [1.807, 2.05) is 0 Å². The highest BCUT2D eigenvalue weighted by molar-refractivity contribution is 7.80. The second-order valence-electron chi connectivity index (χ2n) is 3.31. The molecule has 7 nitrogen and oxygen atoms in total. The van der Waals surface area contributed by atoms with E-state index in [4.69, 9.17) is 5.11 Å². The number of carboxylic acid groups (broad SMARTS) is 1. The van der Waals surface area contributed by atoms with Gasteiger partial charge in [-0.3, -0.25) is 0 Å². The third-order valence-corrected chi connectivity index (χ3v) is 2.31. The zero-order chi connectivity index (χ0) is 12.6. The molecule has 0 aliphatic carbocycles. The number of hydrogen-bond acceptors (Lipinski definition) is 5. The Labute approximate surface area is 100 Å². The van der Waals surface area contributed by atoms with Gasteiger partial charge in [0.1, 0.15) is 5.03 Å². The summed E-state index contributed by atoms with van der Waals surface area (Å²) in [6.45, 7) is 3.15. The van der Waals surface area contributed by atoms with Gasteiger partial charge in [-0.15, -0.1) is 17.7 Å². The molecule has 0 aliphatic heterocycles. The summed E-state index contributed by atoms with van der Waals surface area (Å²) in [4.78, 5) is 22.4. The van der Waals surface area contributed by atoms with Crippen LogP contribution in [-0.4, -0.2) is 30.5 Å². The van der Waals surface area contributed by atoms with Gasteiger partial charge in [-0.25, -0.2) is 14.3 Å². The average molecular weight is 252 g/mol. The van der Waals surface area contributed by atoms with Crippen LogP contribution in [0.5, 0.6) is 0 Å². The molecule has 2 aromatic heterocycles. The zero-order valence-corrected chi connectivity index (χ0v) is 9.46. The van der Waals surface area contributed by atoms with Crippen molar-refractivity contribution in [1.29, 1.82) is 0 Å². The van der Waals surface area contributed by atoms with Crippen molar-refractivity contribution in [1.82, 2.24) is 19.4 Å². The van der Waals surface area contributed by atoms with Gasteiger partial charge in [0.05, 0.1) is 12.1 Å². The molecule has 0 unspecified atom stereocenters. The summed E-state index contributed by atoms with van der Waals surface area (Å²) in [5.74, 6) is -1.17. The average Bonchev–Trinajstić information content (AvgIpc) is 2.56. The van der Waals surface area contributed by atoms with Crippen LogP contribution in [0.3, 0.4) is 0 Å². The minimum absolute atomic E-state index is 0.124. The maximum atomic E-state index is 11.8. The molecule has 0 aromatic carbocycles. The van der Waals surface area contributed by atoms with Crippen LogP contribution in [0.4, 0.5) is 0 Å². The fraction of sp³-hybridized carbons (Fsp3) is 0.111. The Hall–Kier alpha value is -2.09. The van der Waals surface area contributed by atoms with Gasteiger partial charge in [0, 0.05) is 0 Å². The first-order chi connectivity index (χ1) is 7.99. The van der Waals surface area contributed by atoms with Gasteiger partial charge in [-0.1, -0.05) is 6.58 Å². The lowest BCUT2D eigenvalue weighted by molar-refractivity contribution is -0.132. The van der Waals surface area contributed by atoms with E-state index in [0.717, 1.165) is 9.20 Å². The van der Waals surface area contributed by atoms with Crippen molar-refractivity contribution in [3.05, 3.63) is 34.8 Å². The number of thiol groups is 1. The van der Waals surface area contributed by atoms with Gasteiger partial charge in [0.25, 0.3) is 0 Å². The number of rotatable bonds is 3. The summed E-state index contributed by atoms with van der Waals surface area (Å²) in [6.07, 6.45) is 0. The molecule has 2 heterocycles. The van der Waals surface area contributed by atoms with Crippen LogP contribution in [0.15, 0.2) is 34.1 Å². The van der Waals surface area contributed by atoms with Crippen molar-refractivity contribution in [2.45, 2.75) is 11.6 Å². The molecule has 8 heteroatoms. The molecule has 2 aromatic rings. The van der Waals surface area contributed by atoms with Crippen LogP contribution in [0, 0.1) is 0 Å². The Balaban J connectivity index is 2.50. The highest BCUT2D eigenvalue weighted by Crippen LogP contribution is 2.02. The van der Waals surface area contributed by atoms with E-state index < -0.39 is 11.7 Å². The quantitative estimate of drug-likeness (QED) is 0.584. The van der Waals surface area contributed by atoms with Crippen LogP contribution in [0.1, 0.15) is 0 Å². The van der Waals surface area contributed by atoms with Crippen LogP contribution in [-0.2, 0) is 11.3 Å². The Bertz CT molecular complexity index is 672. The fourth-order valence-corrected chi connectivity index (χ4v) is 1.41. The first-order valence-corrected chi connectivity index (χ1v) is 5.00. The third-order valence-electron chi connectivity index (χ3n) is 2.07. The van der Waals surface area contributed by atoms with Gasteiger partial charge in [-0.05, 0) is 12.1 Å². The van der Waals surface area contributed by atoms with E-state index in [9.17, 15) is 9.59 Å². The minimum atomic E-state index is -1.17. The molecule has 0 fully saturated rings. The predicted octanol–water partition coefficient (Wildman–Crippen LogP) is -0.180. The lowest BCUT2D eigenvalue weighted by Crippen LogP contribution is -2.24. The highest BCUT2D eigenvalue weighted by Gasteiger charge is 2.11. The monoisotopic (exact) mass is 252 g/mol. The van der Waals surface area contributed by atoms with E-state index in [1.54, 1.807) is 12.1 Å². The Kier molecular flexibility index (Phi) is 2.72. The maximum absolute atomic E-state index is 11.8. The lowest BCUT2D eigenvalue weighted by Gasteiger charge is -1.97. The van der Waals surface area contributed by atoms with E-state index in [2.05, 4.69) is 29.4 Å². The number of carboxylic acids is 1.